The van der Waals surface area contributed by atoms with Crippen molar-refractivity contribution in [1.82, 2.24) is 15.0 Å². The standard InChI is InChI=1S/C18H25N3O2/c1-12-10-16(12)17-8-7-15(22-17)11-21(14-5-6-14)9-3-4-18-19-13(2)20-23-18/h7-8,12,14,16H,3-6,9-11H2,1-2H3/t12-,16+/m0/s1. The van der Waals surface area contributed by atoms with Crippen LogP contribution in [0.15, 0.2) is 21.1 Å². The van der Waals surface area contributed by atoms with E-state index in [1.165, 1.54) is 25.0 Å². The van der Waals surface area contributed by atoms with Crippen LogP contribution in [0.25, 0.3) is 0 Å². The Hall–Kier alpha value is -1.62. The highest BCUT2D eigenvalue weighted by atomic mass is 16.5. The number of furan rings is 1. The van der Waals surface area contributed by atoms with Gasteiger partial charge >= 0.3 is 0 Å². The largest absolute Gasteiger partial charge is 0.464 e. The summed E-state index contributed by atoms with van der Waals surface area (Å²) in [4.78, 5) is 6.82. The molecule has 0 unspecified atom stereocenters. The van der Waals surface area contributed by atoms with Gasteiger partial charge in [0.2, 0.25) is 5.89 Å². The third-order valence-electron chi connectivity index (χ3n) is 4.99. The molecule has 4 rings (SSSR count). The maximum absolute atomic E-state index is 6.07. The van der Waals surface area contributed by atoms with Gasteiger partial charge in [0.05, 0.1) is 6.54 Å². The molecule has 23 heavy (non-hydrogen) atoms. The molecule has 0 bridgehead atoms. The summed E-state index contributed by atoms with van der Waals surface area (Å²) in [6.07, 6.45) is 5.81. The second kappa shape index (κ2) is 6.11. The first-order valence-electron chi connectivity index (χ1n) is 8.81. The lowest BCUT2D eigenvalue weighted by molar-refractivity contribution is 0.225. The molecule has 0 aliphatic heterocycles. The maximum atomic E-state index is 6.07. The zero-order valence-electron chi connectivity index (χ0n) is 14.0. The van der Waals surface area contributed by atoms with Crippen molar-refractivity contribution >= 4 is 0 Å². The summed E-state index contributed by atoms with van der Waals surface area (Å²) in [5, 5.41) is 3.85. The molecule has 0 aromatic carbocycles. The molecule has 0 N–H and O–H groups in total. The lowest BCUT2D eigenvalue weighted by Crippen LogP contribution is -2.26. The topological polar surface area (TPSA) is 55.3 Å². The molecule has 2 aliphatic rings. The summed E-state index contributed by atoms with van der Waals surface area (Å²) >= 11 is 0. The van der Waals surface area contributed by atoms with Crippen LogP contribution < -0.4 is 0 Å². The van der Waals surface area contributed by atoms with Crippen LogP contribution in [-0.4, -0.2) is 27.6 Å². The molecule has 2 heterocycles. The fraction of sp³-hybridized carbons (Fsp3) is 0.667. The Labute approximate surface area is 137 Å². The Balaban J connectivity index is 1.30. The molecule has 2 atom stereocenters. The van der Waals surface area contributed by atoms with Crippen molar-refractivity contribution in [3.8, 4) is 0 Å². The minimum absolute atomic E-state index is 0.666. The van der Waals surface area contributed by atoms with Gasteiger partial charge in [-0.2, -0.15) is 4.98 Å². The quantitative estimate of drug-likeness (QED) is 0.743. The van der Waals surface area contributed by atoms with E-state index in [9.17, 15) is 0 Å². The van der Waals surface area contributed by atoms with E-state index >= 15 is 0 Å². The lowest BCUT2D eigenvalue weighted by atomic mass is 10.2. The average molecular weight is 315 g/mol. The van der Waals surface area contributed by atoms with Crippen LogP contribution >= 0.6 is 0 Å². The van der Waals surface area contributed by atoms with Gasteiger partial charge < -0.3 is 8.94 Å². The van der Waals surface area contributed by atoms with Gasteiger partial charge in [-0.15, -0.1) is 0 Å². The van der Waals surface area contributed by atoms with Gasteiger partial charge in [0, 0.05) is 18.4 Å². The van der Waals surface area contributed by atoms with Crippen LogP contribution in [-0.2, 0) is 13.0 Å². The zero-order chi connectivity index (χ0) is 15.8. The molecule has 2 saturated carbocycles. The molecular formula is C18H25N3O2. The summed E-state index contributed by atoms with van der Waals surface area (Å²) in [6.45, 7) is 6.14. The van der Waals surface area contributed by atoms with Crippen LogP contribution in [0.3, 0.4) is 0 Å². The molecule has 0 spiro atoms. The zero-order valence-corrected chi connectivity index (χ0v) is 14.0. The Morgan fingerprint density at radius 2 is 2.13 bits per heavy atom. The molecule has 124 valence electrons. The first-order valence-corrected chi connectivity index (χ1v) is 8.81. The highest BCUT2D eigenvalue weighted by molar-refractivity contribution is 5.17. The van der Waals surface area contributed by atoms with E-state index in [0.29, 0.717) is 5.92 Å². The Kier molecular flexibility index (Phi) is 3.97. The van der Waals surface area contributed by atoms with Crippen molar-refractivity contribution in [2.24, 2.45) is 5.92 Å². The third-order valence-corrected chi connectivity index (χ3v) is 4.99. The van der Waals surface area contributed by atoms with Crippen molar-refractivity contribution in [3.63, 3.8) is 0 Å². The predicted molar refractivity (Wildman–Crippen MR) is 86.0 cm³/mol. The Morgan fingerprint density at radius 1 is 1.30 bits per heavy atom. The molecule has 5 heteroatoms. The molecular weight excluding hydrogens is 290 g/mol. The summed E-state index contributed by atoms with van der Waals surface area (Å²) in [5.74, 6) is 5.23. The summed E-state index contributed by atoms with van der Waals surface area (Å²) in [5.41, 5.74) is 0. The van der Waals surface area contributed by atoms with Gasteiger partial charge in [-0.3, -0.25) is 4.90 Å². The first kappa shape index (κ1) is 14.9. The normalized spacial score (nSPS) is 23.6. The second-order valence-corrected chi connectivity index (χ2v) is 7.16. The van der Waals surface area contributed by atoms with E-state index in [1.54, 1.807) is 0 Å². The number of rotatable bonds is 8. The molecule has 2 fully saturated rings. The fourth-order valence-electron chi connectivity index (χ4n) is 3.30. The van der Waals surface area contributed by atoms with E-state index in [0.717, 1.165) is 55.4 Å². The van der Waals surface area contributed by atoms with Crippen LogP contribution in [0.5, 0.6) is 0 Å². The lowest BCUT2D eigenvalue weighted by Gasteiger charge is -2.20. The SMILES string of the molecule is Cc1noc(CCCN(Cc2ccc([C@@H]3C[C@@H]3C)o2)C2CC2)n1. The Morgan fingerprint density at radius 3 is 2.78 bits per heavy atom. The van der Waals surface area contributed by atoms with Gasteiger partial charge in [0.1, 0.15) is 11.5 Å². The van der Waals surface area contributed by atoms with Gasteiger partial charge in [-0.05, 0) is 57.2 Å². The van der Waals surface area contributed by atoms with Crippen molar-refractivity contribution in [2.45, 2.75) is 64.5 Å². The smallest absolute Gasteiger partial charge is 0.226 e. The van der Waals surface area contributed by atoms with Gasteiger partial charge in [-0.1, -0.05) is 12.1 Å². The summed E-state index contributed by atoms with van der Waals surface area (Å²) < 4.78 is 11.3. The molecule has 2 aliphatic carbocycles. The third kappa shape index (κ3) is 3.66. The molecule has 0 radical (unpaired) electrons. The van der Waals surface area contributed by atoms with E-state index in [2.05, 4.69) is 34.1 Å². The second-order valence-electron chi connectivity index (χ2n) is 7.16. The number of nitrogens with zero attached hydrogens (tertiary/aromatic N) is 3. The first-order chi connectivity index (χ1) is 11.2. The number of aromatic nitrogens is 2. The number of hydrogen-bond acceptors (Lipinski definition) is 5. The van der Waals surface area contributed by atoms with E-state index in [-0.39, 0.29) is 0 Å². The molecule has 2 aromatic rings. The summed E-state index contributed by atoms with van der Waals surface area (Å²) in [6, 6.07) is 5.07. The number of aryl methyl sites for hydroxylation is 2. The van der Waals surface area contributed by atoms with Crippen molar-refractivity contribution < 1.29 is 8.94 Å². The van der Waals surface area contributed by atoms with Crippen molar-refractivity contribution in [3.05, 3.63) is 35.4 Å². The fourth-order valence-corrected chi connectivity index (χ4v) is 3.30. The highest BCUT2D eigenvalue weighted by Gasteiger charge is 2.37. The Bertz CT molecular complexity index is 659. The predicted octanol–water partition coefficient (Wildman–Crippen LogP) is 3.69. The highest BCUT2D eigenvalue weighted by Crippen LogP contribution is 2.47. The molecule has 5 nitrogen and oxygen atoms in total. The van der Waals surface area contributed by atoms with Gasteiger partial charge in [-0.25, -0.2) is 0 Å². The molecule has 2 aromatic heterocycles. The van der Waals surface area contributed by atoms with Gasteiger partial charge in [0.15, 0.2) is 5.82 Å². The maximum Gasteiger partial charge on any atom is 0.226 e. The van der Waals surface area contributed by atoms with Crippen LogP contribution in [0.4, 0.5) is 0 Å². The van der Waals surface area contributed by atoms with Crippen LogP contribution in [0.2, 0.25) is 0 Å². The average Bonchev–Trinajstić information content (AvgIpc) is 3.41. The van der Waals surface area contributed by atoms with Crippen molar-refractivity contribution in [1.29, 1.82) is 0 Å². The summed E-state index contributed by atoms with van der Waals surface area (Å²) in [7, 11) is 0. The van der Waals surface area contributed by atoms with Gasteiger partial charge in [0.25, 0.3) is 0 Å². The monoisotopic (exact) mass is 315 g/mol. The minimum Gasteiger partial charge on any atom is -0.464 e. The van der Waals surface area contributed by atoms with Crippen molar-refractivity contribution in [2.75, 3.05) is 6.54 Å². The molecule has 0 saturated heterocycles. The van der Waals surface area contributed by atoms with E-state index < -0.39 is 0 Å². The minimum atomic E-state index is 0.666. The molecule has 0 amide bonds. The number of hydrogen-bond donors (Lipinski definition) is 0. The van der Waals surface area contributed by atoms with E-state index in [4.69, 9.17) is 8.94 Å². The van der Waals surface area contributed by atoms with Crippen LogP contribution in [0, 0.1) is 12.8 Å². The van der Waals surface area contributed by atoms with Crippen LogP contribution in [0.1, 0.15) is 61.8 Å². The van der Waals surface area contributed by atoms with E-state index in [1.807, 2.05) is 6.92 Å².